The summed E-state index contributed by atoms with van der Waals surface area (Å²) >= 11 is 6.34. The molecule has 1 N–H and O–H groups in total. The lowest BCUT2D eigenvalue weighted by atomic mass is 9.81. The van der Waals surface area contributed by atoms with E-state index in [-0.39, 0.29) is 5.60 Å². The van der Waals surface area contributed by atoms with Crippen LogP contribution in [0.1, 0.15) is 24.0 Å². The Kier molecular flexibility index (Phi) is 2.58. The molecule has 3 rings (SSSR count). The molecular weight excluding hydrogens is 238 g/mol. The standard InChI is InChI=1S/C13H16ClNO2/c1-13-7-15-5-10(13)8-3-4-11(16-2)12(14)9(8)6-17-13/h3-4,10,15H,5-7H2,1-2H3/t10-,13?/m0/s1. The maximum absolute atomic E-state index is 6.34. The highest BCUT2D eigenvalue weighted by Gasteiger charge is 2.45. The Morgan fingerprint density at radius 1 is 1.53 bits per heavy atom. The number of hydrogen-bond acceptors (Lipinski definition) is 3. The zero-order valence-corrected chi connectivity index (χ0v) is 10.8. The van der Waals surface area contributed by atoms with E-state index in [1.54, 1.807) is 7.11 Å². The van der Waals surface area contributed by atoms with Crippen LogP contribution < -0.4 is 10.1 Å². The number of hydrogen-bond donors (Lipinski definition) is 1. The molecule has 2 atom stereocenters. The maximum atomic E-state index is 6.34. The summed E-state index contributed by atoms with van der Waals surface area (Å²) in [5.74, 6) is 1.11. The first kappa shape index (κ1) is 11.3. The van der Waals surface area contributed by atoms with Crippen LogP contribution in [0.4, 0.5) is 0 Å². The molecule has 3 nitrogen and oxygen atoms in total. The lowest BCUT2D eigenvalue weighted by Gasteiger charge is -2.37. The number of benzene rings is 1. The molecule has 1 aromatic rings. The van der Waals surface area contributed by atoms with Gasteiger partial charge in [-0.1, -0.05) is 17.7 Å². The summed E-state index contributed by atoms with van der Waals surface area (Å²) in [6, 6.07) is 4.07. The summed E-state index contributed by atoms with van der Waals surface area (Å²) < 4.78 is 11.2. The minimum atomic E-state index is -0.0923. The van der Waals surface area contributed by atoms with Gasteiger partial charge in [0.2, 0.25) is 0 Å². The van der Waals surface area contributed by atoms with Gasteiger partial charge in [-0.05, 0) is 18.6 Å². The van der Waals surface area contributed by atoms with Crippen molar-refractivity contribution in [2.75, 3.05) is 20.2 Å². The third-order valence-corrected chi connectivity index (χ3v) is 4.36. The van der Waals surface area contributed by atoms with Gasteiger partial charge in [-0.15, -0.1) is 0 Å². The van der Waals surface area contributed by atoms with Crippen LogP contribution in [0.25, 0.3) is 0 Å². The van der Waals surface area contributed by atoms with Crippen molar-refractivity contribution in [3.63, 3.8) is 0 Å². The topological polar surface area (TPSA) is 30.5 Å². The van der Waals surface area contributed by atoms with E-state index in [9.17, 15) is 0 Å². The molecule has 0 saturated carbocycles. The maximum Gasteiger partial charge on any atom is 0.137 e. The van der Waals surface area contributed by atoms with Crippen LogP contribution in [-0.4, -0.2) is 25.8 Å². The lowest BCUT2D eigenvalue weighted by molar-refractivity contribution is -0.0517. The minimum absolute atomic E-state index is 0.0923. The summed E-state index contributed by atoms with van der Waals surface area (Å²) in [5.41, 5.74) is 2.29. The van der Waals surface area contributed by atoms with Crippen molar-refractivity contribution in [2.45, 2.75) is 25.0 Å². The van der Waals surface area contributed by atoms with Gasteiger partial charge in [-0.3, -0.25) is 0 Å². The first-order valence-corrected chi connectivity index (χ1v) is 6.23. The molecule has 1 saturated heterocycles. The molecule has 0 spiro atoms. The number of fused-ring (bicyclic) bond motifs is 3. The van der Waals surface area contributed by atoms with Crippen LogP contribution in [0.15, 0.2) is 12.1 Å². The first-order chi connectivity index (χ1) is 8.15. The van der Waals surface area contributed by atoms with Crippen molar-refractivity contribution in [1.29, 1.82) is 0 Å². The van der Waals surface area contributed by atoms with E-state index in [2.05, 4.69) is 18.3 Å². The Labute approximate surface area is 106 Å². The van der Waals surface area contributed by atoms with Crippen molar-refractivity contribution in [3.8, 4) is 5.75 Å². The van der Waals surface area contributed by atoms with Gasteiger partial charge < -0.3 is 14.8 Å². The van der Waals surface area contributed by atoms with Gasteiger partial charge in [0.05, 0.1) is 24.3 Å². The highest BCUT2D eigenvalue weighted by atomic mass is 35.5. The van der Waals surface area contributed by atoms with E-state index in [1.807, 2.05) is 6.07 Å². The Morgan fingerprint density at radius 2 is 2.35 bits per heavy atom. The molecule has 2 aliphatic heterocycles. The Hall–Kier alpha value is -0.770. The molecule has 92 valence electrons. The molecule has 2 heterocycles. The minimum Gasteiger partial charge on any atom is -0.495 e. The number of methoxy groups -OCH3 is 1. The quantitative estimate of drug-likeness (QED) is 0.833. The van der Waals surface area contributed by atoms with Crippen molar-refractivity contribution in [3.05, 3.63) is 28.3 Å². The smallest absolute Gasteiger partial charge is 0.137 e. The van der Waals surface area contributed by atoms with Crippen LogP contribution in [0.5, 0.6) is 5.75 Å². The van der Waals surface area contributed by atoms with Crippen LogP contribution in [0, 0.1) is 0 Å². The van der Waals surface area contributed by atoms with E-state index in [0.29, 0.717) is 17.5 Å². The molecule has 0 bridgehead atoms. The summed E-state index contributed by atoms with van der Waals surface area (Å²) in [5, 5.41) is 4.09. The van der Waals surface area contributed by atoms with E-state index in [4.69, 9.17) is 21.1 Å². The van der Waals surface area contributed by atoms with Crippen LogP contribution in [-0.2, 0) is 11.3 Å². The summed E-state index contributed by atoms with van der Waals surface area (Å²) in [7, 11) is 1.64. The zero-order chi connectivity index (χ0) is 12.0. The average Bonchev–Trinajstić information content (AvgIpc) is 2.71. The van der Waals surface area contributed by atoms with E-state index in [1.165, 1.54) is 5.56 Å². The van der Waals surface area contributed by atoms with Crippen molar-refractivity contribution < 1.29 is 9.47 Å². The van der Waals surface area contributed by atoms with Gasteiger partial charge >= 0.3 is 0 Å². The molecule has 0 aliphatic carbocycles. The fraction of sp³-hybridized carbons (Fsp3) is 0.538. The Morgan fingerprint density at radius 3 is 3.12 bits per heavy atom. The molecule has 1 unspecified atom stereocenters. The van der Waals surface area contributed by atoms with Gasteiger partial charge in [0.15, 0.2) is 0 Å². The van der Waals surface area contributed by atoms with Crippen molar-refractivity contribution >= 4 is 11.6 Å². The van der Waals surface area contributed by atoms with Gasteiger partial charge in [-0.2, -0.15) is 0 Å². The van der Waals surface area contributed by atoms with Crippen LogP contribution >= 0.6 is 11.6 Å². The fourth-order valence-corrected chi connectivity index (χ4v) is 3.18. The molecule has 4 heteroatoms. The number of nitrogens with one attached hydrogen (secondary N) is 1. The number of ether oxygens (including phenoxy) is 2. The summed E-state index contributed by atoms with van der Waals surface area (Å²) in [6.45, 7) is 4.59. The number of rotatable bonds is 1. The second-order valence-electron chi connectivity index (χ2n) is 4.93. The normalized spacial score (nSPS) is 30.9. The number of halogens is 1. The highest BCUT2D eigenvalue weighted by Crippen LogP contribution is 2.45. The predicted octanol–water partition coefficient (Wildman–Crippen LogP) is 2.32. The molecule has 0 radical (unpaired) electrons. The molecule has 17 heavy (non-hydrogen) atoms. The second kappa shape index (κ2) is 3.87. The molecule has 0 aromatic heterocycles. The predicted molar refractivity (Wildman–Crippen MR) is 66.8 cm³/mol. The third-order valence-electron chi connectivity index (χ3n) is 3.95. The van der Waals surface area contributed by atoms with Crippen LogP contribution in [0.2, 0.25) is 5.02 Å². The van der Waals surface area contributed by atoms with Gasteiger partial charge in [0.25, 0.3) is 0 Å². The second-order valence-corrected chi connectivity index (χ2v) is 5.31. The molecular formula is C13H16ClNO2. The fourth-order valence-electron chi connectivity index (χ4n) is 2.88. The van der Waals surface area contributed by atoms with E-state index in [0.717, 1.165) is 24.4 Å². The molecule has 0 amide bonds. The van der Waals surface area contributed by atoms with Gasteiger partial charge in [0, 0.05) is 24.6 Å². The lowest BCUT2D eigenvalue weighted by Crippen LogP contribution is -2.39. The zero-order valence-electron chi connectivity index (χ0n) is 10.0. The SMILES string of the molecule is COc1ccc2c(c1Cl)COC1(C)CNC[C@@H]21. The molecule has 1 fully saturated rings. The van der Waals surface area contributed by atoms with Crippen molar-refractivity contribution in [1.82, 2.24) is 5.32 Å². The van der Waals surface area contributed by atoms with Gasteiger partial charge in [-0.25, -0.2) is 0 Å². The Bertz CT molecular complexity index is 463. The summed E-state index contributed by atoms with van der Waals surface area (Å²) in [4.78, 5) is 0. The molecule has 1 aromatic carbocycles. The van der Waals surface area contributed by atoms with E-state index < -0.39 is 0 Å². The third kappa shape index (κ3) is 1.57. The monoisotopic (exact) mass is 253 g/mol. The largest absolute Gasteiger partial charge is 0.495 e. The molecule has 2 aliphatic rings. The first-order valence-electron chi connectivity index (χ1n) is 5.85. The summed E-state index contributed by atoms with van der Waals surface area (Å²) in [6.07, 6.45) is 0. The van der Waals surface area contributed by atoms with Gasteiger partial charge in [0.1, 0.15) is 5.75 Å². The van der Waals surface area contributed by atoms with E-state index >= 15 is 0 Å². The van der Waals surface area contributed by atoms with Crippen molar-refractivity contribution in [2.24, 2.45) is 0 Å². The average molecular weight is 254 g/mol. The van der Waals surface area contributed by atoms with Crippen LogP contribution in [0.3, 0.4) is 0 Å². The highest BCUT2D eigenvalue weighted by molar-refractivity contribution is 6.33. The Balaban J connectivity index is 2.11.